The zero-order chi connectivity index (χ0) is 17.8. The van der Waals surface area contributed by atoms with Gasteiger partial charge in [0.1, 0.15) is 11.3 Å². The molecule has 1 amide bonds. The summed E-state index contributed by atoms with van der Waals surface area (Å²) < 4.78 is 6.37. The molecule has 3 aromatic rings. The molecule has 0 unspecified atom stereocenters. The van der Waals surface area contributed by atoms with Crippen LogP contribution in [0.1, 0.15) is 5.56 Å². The lowest BCUT2D eigenvalue weighted by Crippen LogP contribution is -2.14. The van der Waals surface area contributed by atoms with Crippen molar-refractivity contribution in [2.75, 3.05) is 18.2 Å². The second-order valence-electron chi connectivity index (χ2n) is 5.48. The molecule has 0 aliphatic carbocycles. The summed E-state index contributed by atoms with van der Waals surface area (Å²) in [5, 5.41) is 4.74. The van der Waals surface area contributed by atoms with Crippen LogP contribution in [0.4, 0.5) is 5.69 Å². The fourth-order valence-corrected chi connectivity index (χ4v) is 3.50. The van der Waals surface area contributed by atoms with E-state index in [0.29, 0.717) is 5.75 Å². The molecule has 3 rings (SSSR count). The van der Waals surface area contributed by atoms with Crippen molar-refractivity contribution in [2.45, 2.75) is 11.9 Å². The van der Waals surface area contributed by atoms with Crippen molar-refractivity contribution >= 4 is 50.2 Å². The number of fused-ring (bicyclic) bond motifs is 1. The topological polar surface area (TPSA) is 51.2 Å². The monoisotopic (exact) mass is 416 g/mol. The van der Waals surface area contributed by atoms with Crippen LogP contribution >= 0.6 is 27.7 Å². The van der Waals surface area contributed by atoms with E-state index in [-0.39, 0.29) is 5.91 Å². The number of aromatic nitrogens is 1. The first-order chi connectivity index (χ1) is 12.1. The quantitative estimate of drug-likeness (QED) is 0.591. The average Bonchev–Trinajstić information content (AvgIpc) is 2.61. The maximum Gasteiger partial charge on any atom is 0.234 e. The standard InChI is InChI=1S/C19H17BrN2O2S/c1-12-10-18(22-19-15(12)4-3-5-16(19)24-2)25-11-17(23)21-14-8-6-13(20)7-9-14/h3-10H,11H2,1-2H3,(H,21,23). The highest BCUT2D eigenvalue weighted by Crippen LogP contribution is 2.29. The second kappa shape index (κ2) is 7.89. The van der Waals surface area contributed by atoms with Gasteiger partial charge in [-0.2, -0.15) is 0 Å². The molecule has 1 N–H and O–H groups in total. The third kappa shape index (κ3) is 4.32. The van der Waals surface area contributed by atoms with E-state index in [9.17, 15) is 4.79 Å². The summed E-state index contributed by atoms with van der Waals surface area (Å²) in [6.45, 7) is 2.04. The minimum Gasteiger partial charge on any atom is -0.494 e. The van der Waals surface area contributed by atoms with Crippen LogP contribution in [0.2, 0.25) is 0 Å². The largest absolute Gasteiger partial charge is 0.494 e. The Kier molecular flexibility index (Phi) is 5.60. The molecule has 0 saturated carbocycles. The highest BCUT2D eigenvalue weighted by molar-refractivity contribution is 9.10. The number of para-hydroxylation sites is 1. The van der Waals surface area contributed by atoms with Gasteiger partial charge in [-0.25, -0.2) is 4.98 Å². The zero-order valence-electron chi connectivity index (χ0n) is 13.9. The van der Waals surface area contributed by atoms with Crippen molar-refractivity contribution in [1.29, 1.82) is 0 Å². The number of carbonyl (C=O) groups is 1. The number of ether oxygens (including phenoxy) is 1. The molecule has 0 spiro atoms. The van der Waals surface area contributed by atoms with Crippen LogP contribution in [0.15, 0.2) is 58.0 Å². The number of rotatable bonds is 5. The molecular weight excluding hydrogens is 400 g/mol. The summed E-state index contributed by atoms with van der Waals surface area (Å²) in [6, 6.07) is 15.4. The molecule has 0 saturated heterocycles. The molecule has 0 fully saturated rings. The number of benzene rings is 2. The number of aryl methyl sites for hydroxylation is 1. The van der Waals surface area contributed by atoms with E-state index in [0.717, 1.165) is 37.4 Å². The Labute approximate surface area is 159 Å². The lowest BCUT2D eigenvalue weighted by Gasteiger charge is -2.10. The maximum atomic E-state index is 12.1. The number of hydrogen-bond acceptors (Lipinski definition) is 4. The number of methoxy groups -OCH3 is 1. The first kappa shape index (κ1) is 17.8. The van der Waals surface area contributed by atoms with Gasteiger partial charge in [-0.05, 0) is 48.9 Å². The highest BCUT2D eigenvalue weighted by atomic mass is 79.9. The Balaban J connectivity index is 1.72. The summed E-state index contributed by atoms with van der Waals surface area (Å²) in [7, 11) is 1.64. The molecule has 0 aliphatic rings. The van der Waals surface area contributed by atoms with Crippen LogP contribution in [0.3, 0.4) is 0 Å². The predicted octanol–water partition coefficient (Wildman–Crippen LogP) is 5.05. The molecule has 6 heteroatoms. The van der Waals surface area contributed by atoms with E-state index in [2.05, 4.69) is 26.2 Å². The summed E-state index contributed by atoms with van der Waals surface area (Å²) in [4.78, 5) is 16.8. The maximum absolute atomic E-state index is 12.1. The van der Waals surface area contributed by atoms with Crippen molar-refractivity contribution in [3.05, 3.63) is 58.6 Å². The molecular formula is C19H17BrN2O2S. The summed E-state index contributed by atoms with van der Waals surface area (Å²) in [5.74, 6) is 0.970. The van der Waals surface area contributed by atoms with Crippen molar-refractivity contribution < 1.29 is 9.53 Å². The first-order valence-corrected chi connectivity index (χ1v) is 9.47. The van der Waals surface area contributed by atoms with Gasteiger partial charge in [0.05, 0.1) is 17.9 Å². The minimum absolute atomic E-state index is 0.0631. The lowest BCUT2D eigenvalue weighted by atomic mass is 10.1. The van der Waals surface area contributed by atoms with Gasteiger partial charge in [0.25, 0.3) is 0 Å². The highest BCUT2D eigenvalue weighted by Gasteiger charge is 2.10. The molecule has 0 bridgehead atoms. The SMILES string of the molecule is COc1cccc2c(C)cc(SCC(=O)Nc3ccc(Br)cc3)nc12. The number of nitrogens with one attached hydrogen (secondary N) is 1. The van der Waals surface area contributed by atoms with E-state index in [1.807, 2.05) is 55.5 Å². The van der Waals surface area contributed by atoms with E-state index in [4.69, 9.17) is 4.74 Å². The van der Waals surface area contributed by atoms with Gasteiger partial charge in [-0.1, -0.05) is 39.8 Å². The molecule has 1 aromatic heterocycles. The van der Waals surface area contributed by atoms with Crippen molar-refractivity contribution in [3.63, 3.8) is 0 Å². The second-order valence-corrected chi connectivity index (χ2v) is 7.39. The lowest BCUT2D eigenvalue weighted by molar-refractivity contribution is -0.113. The number of halogens is 1. The molecule has 128 valence electrons. The fraction of sp³-hybridized carbons (Fsp3) is 0.158. The van der Waals surface area contributed by atoms with Crippen LogP contribution in [0, 0.1) is 6.92 Å². The Bertz CT molecular complexity index is 913. The van der Waals surface area contributed by atoms with Crippen LogP contribution < -0.4 is 10.1 Å². The normalized spacial score (nSPS) is 10.7. The average molecular weight is 417 g/mol. The number of nitrogens with zero attached hydrogens (tertiary/aromatic N) is 1. The third-order valence-electron chi connectivity index (χ3n) is 3.68. The van der Waals surface area contributed by atoms with Crippen LogP contribution in [-0.2, 0) is 4.79 Å². The van der Waals surface area contributed by atoms with Gasteiger partial charge >= 0.3 is 0 Å². The molecule has 2 aromatic carbocycles. The molecule has 4 nitrogen and oxygen atoms in total. The number of thioether (sulfide) groups is 1. The Hall–Kier alpha value is -2.05. The van der Waals surface area contributed by atoms with Gasteiger partial charge in [0.15, 0.2) is 0 Å². The number of hydrogen-bond donors (Lipinski definition) is 1. The van der Waals surface area contributed by atoms with Crippen molar-refractivity contribution in [2.24, 2.45) is 0 Å². The zero-order valence-corrected chi connectivity index (χ0v) is 16.3. The van der Waals surface area contributed by atoms with E-state index in [1.54, 1.807) is 7.11 Å². The van der Waals surface area contributed by atoms with E-state index >= 15 is 0 Å². The summed E-state index contributed by atoms with van der Waals surface area (Å²) >= 11 is 4.79. The number of amides is 1. The predicted molar refractivity (Wildman–Crippen MR) is 107 cm³/mol. The van der Waals surface area contributed by atoms with Gasteiger partial charge in [0, 0.05) is 15.5 Å². The van der Waals surface area contributed by atoms with Crippen LogP contribution in [-0.4, -0.2) is 23.8 Å². The third-order valence-corrected chi connectivity index (χ3v) is 5.12. The number of carbonyl (C=O) groups excluding carboxylic acids is 1. The minimum atomic E-state index is -0.0631. The van der Waals surface area contributed by atoms with Gasteiger partial charge < -0.3 is 10.1 Å². The Morgan fingerprint density at radius 3 is 2.72 bits per heavy atom. The Morgan fingerprint density at radius 2 is 2.00 bits per heavy atom. The Morgan fingerprint density at radius 1 is 1.24 bits per heavy atom. The molecule has 0 radical (unpaired) electrons. The summed E-state index contributed by atoms with van der Waals surface area (Å²) in [6.07, 6.45) is 0. The van der Waals surface area contributed by atoms with Crippen molar-refractivity contribution in [3.8, 4) is 5.75 Å². The van der Waals surface area contributed by atoms with Crippen LogP contribution in [0.25, 0.3) is 10.9 Å². The first-order valence-electron chi connectivity index (χ1n) is 7.69. The van der Waals surface area contributed by atoms with E-state index < -0.39 is 0 Å². The number of anilines is 1. The van der Waals surface area contributed by atoms with Gasteiger partial charge in [-0.3, -0.25) is 4.79 Å². The number of pyridine rings is 1. The van der Waals surface area contributed by atoms with Gasteiger partial charge in [0.2, 0.25) is 5.91 Å². The molecule has 0 aliphatic heterocycles. The van der Waals surface area contributed by atoms with Crippen molar-refractivity contribution in [1.82, 2.24) is 4.98 Å². The molecule has 25 heavy (non-hydrogen) atoms. The smallest absolute Gasteiger partial charge is 0.234 e. The van der Waals surface area contributed by atoms with E-state index in [1.165, 1.54) is 11.8 Å². The fourth-order valence-electron chi connectivity index (χ4n) is 2.47. The van der Waals surface area contributed by atoms with Crippen LogP contribution in [0.5, 0.6) is 5.75 Å². The molecule has 1 heterocycles. The summed E-state index contributed by atoms with van der Waals surface area (Å²) in [5.41, 5.74) is 2.71. The molecule has 0 atom stereocenters. The van der Waals surface area contributed by atoms with Gasteiger partial charge in [-0.15, -0.1) is 0 Å².